The zero-order chi connectivity index (χ0) is 15.6. The molecule has 1 aromatic carbocycles. The Hall–Kier alpha value is -0.670. The van der Waals surface area contributed by atoms with Crippen LogP contribution in [-0.4, -0.2) is 38.3 Å². The van der Waals surface area contributed by atoms with E-state index < -0.39 is 15.9 Å². The van der Waals surface area contributed by atoms with Gasteiger partial charge in [-0.1, -0.05) is 15.9 Å². The van der Waals surface area contributed by atoms with Crippen molar-refractivity contribution in [3.63, 3.8) is 0 Å². The lowest BCUT2D eigenvalue weighted by atomic mass is 10.0. The van der Waals surface area contributed by atoms with Crippen molar-refractivity contribution in [2.75, 3.05) is 19.6 Å². The minimum absolute atomic E-state index is 0. The number of halogens is 2. The molecule has 1 heterocycles. The second-order valence-corrected chi connectivity index (χ2v) is 8.00. The van der Waals surface area contributed by atoms with Crippen molar-refractivity contribution in [1.82, 2.24) is 4.31 Å². The van der Waals surface area contributed by atoms with Crippen LogP contribution >= 0.6 is 28.3 Å². The van der Waals surface area contributed by atoms with Crippen LogP contribution in [0.4, 0.5) is 0 Å². The van der Waals surface area contributed by atoms with Crippen LogP contribution in [0, 0.1) is 5.92 Å². The van der Waals surface area contributed by atoms with Gasteiger partial charge in [0.2, 0.25) is 15.9 Å². The smallest absolute Gasteiger partial charge is 0.248 e. The average molecular weight is 413 g/mol. The van der Waals surface area contributed by atoms with Gasteiger partial charge in [-0.15, -0.1) is 12.4 Å². The van der Waals surface area contributed by atoms with E-state index in [1.807, 2.05) is 0 Å². The van der Waals surface area contributed by atoms with Crippen molar-refractivity contribution in [2.45, 2.75) is 17.7 Å². The predicted molar refractivity (Wildman–Crippen MR) is 90.4 cm³/mol. The molecule has 4 N–H and O–H groups in total. The van der Waals surface area contributed by atoms with Crippen LogP contribution in [0.2, 0.25) is 0 Å². The van der Waals surface area contributed by atoms with Gasteiger partial charge in [-0.25, -0.2) is 8.42 Å². The summed E-state index contributed by atoms with van der Waals surface area (Å²) in [7, 11) is -3.64. The van der Waals surface area contributed by atoms with E-state index in [0.29, 0.717) is 24.1 Å². The van der Waals surface area contributed by atoms with Gasteiger partial charge in [-0.2, -0.15) is 4.31 Å². The number of hydrogen-bond donors (Lipinski definition) is 2. The fourth-order valence-electron chi connectivity index (χ4n) is 2.44. The Kier molecular flexibility index (Phi) is 6.82. The number of rotatable bonds is 4. The van der Waals surface area contributed by atoms with Crippen molar-refractivity contribution >= 4 is 44.3 Å². The van der Waals surface area contributed by atoms with Gasteiger partial charge in [0.15, 0.2) is 0 Å². The molecule has 1 unspecified atom stereocenters. The highest BCUT2D eigenvalue weighted by Crippen LogP contribution is 2.26. The highest BCUT2D eigenvalue weighted by molar-refractivity contribution is 9.10. The minimum Gasteiger partial charge on any atom is -0.366 e. The summed E-state index contributed by atoms with van der Waals surface area (Å²) in [6.07, 6.45) is 1.73. The van der Waals surface area contributed by atoms with E-state index in [4.69, 9.17) is 11.5 Å². The Labute approximate surface area is 144 Å². The van der Waals surface area contributed by atoms with Gasteiger partial charge in [0.05, 0.1) is 4.90 Å². The standard InChI is InChI=1S/C13H18BrN3O3S.ClH/c14-11-4-10(13(16)18)5-12(6-11)21(19,20)17-3-1-2-9(7-15)8-17;/h4-6,9H,1-3,7-8,15H2,(H2,16,18);1H. The van der Waals surface area contributed by atoms with E-state index in [0.717, 1.165) is 12.8 Å². The SMILES string of the molecule is Cl.NCC1CCCN(S(=O)(=O)c2cc(Br)cc(C(N)=O)c2)C1. The lowest BCUT2D eigenvalue weighted by molar-refractivity contribution is 0.1000. The second kappa shape index (κ2) is 7.74. The van der Waals surface area contributed by atoms with E-state index in [2.05, 4.69) is 15.9 Å². The van der Waals surface area contributed by atoms with Crippen LogP contribution in [0.25, 0.3) is 0 Å². The van der Waals surface area contributed by atoms with Crippen LogP contribution in [0.3, 0.4) is 0 Å². The largest absolute Gasteiger partial charge is 0.366 e. The summed E-state index contributed by atoms with van der Waals surface area (Å²) in [5.74, 6) is -0.484. The maximum atomic E-state index is 12.7. The van der Waals surface area contributed by atoms with Gasteiger partial charge in [-0.05, 0) is 43.5 Å². The number of primary amides is 1. The van der Waals surface area contributed by atoms with E-state index >= 15 is 0 Å². The van der Waals surface area contributed by atoms with Crippen molar-refractivity contribution in [3.8, 4) is 0 Å². The maximum absolute atomic E-state index is 12.7. The summed E-state index contributed by atoms with van der Waals surface area (Å²) in [6, 6.07) is 4.29. The average Bonchev–Trinajstić information content (AvgIpc) is 2.46. The van der Waals surface area contributed by atoms with E-state index in [1.54, 1.807) is 0 Å². The first-order chi connectivity index (χ1) is 9.84. The molecule has 1 atom stereocenters. The van der Waals surface area contributed by atoms with Crippen LogP contribution in [-0.2, 0) is 10.0 Å². The summed E-state index contributed by atoms with van der Waals surface area (Å²) in [4.78, 5) is 11.4. The number of nitrogens with two attached hydrogens (primary N) is 2. The van der Waals surface area contributed by atoms with Gasteiger partial charge in [0, 0.05) is 23.1 Å². The lowest BCUT2D eigenvalue weighted by Crippen LogP contribution is -2.42. The highest BCUT2D eigenvalue weighted by atomic mass is 79.9. The first-order valence-corrected chi connectivity index (χ1v) is 8.88. The number of piperidine rings is 1. The number of nitrogens with zero attached hydrogens (tertiary/aromatic N) is 1. The van der Waals surface area contributed by atoms with Gasteiger partial charge >= 0.3 is 0 Å². The summed E-state index contributed by atoms with van der Waals surface area (Å²) in [6.45, 7) is 1.35. The summed E-state index contributed by atoms with van der Waals surface area (Å²) < 4.78 is 27.3. The minimum atomic E-state index is -3.64. The van der Waals surface area contributed by atoms with Gasteiger partial charge in [0.1, 0.15) is 0 Å². The molecule has 0 aliphatic carbocycles. The molecular weight excluding hydrogens is 394 g/mol. The van der Waals surface area contributed by atoms with Crippen LogP contribution < -0.4 is 11.5 Å². The van der Waals surface area contributed by atoms with E-state index in [9.17, 15) is 13.2 Å². The first kappa shape index (κ1) is 19.4. The third-order valence-electron chi connectivity index (χ3n) is 3.61. The molecule has 0 radical (unpaired) electrons. The topological polar surface area (TPSA) is 106 Å². The molecule has 1 aromatic rings. The Morgan fingerprint density at radius 2 is 2.05 bits per heavy atom. The summed E-state index contributed by atoms with van der Waals surface area (Å²) in [5, 5.41) is 0. The molecule has 1 fully saturated rings. The molecule has 124 valence electrons. The monoisotopic (exact) mass is 411 g/mol. The zero-order valence-corrected chi connectivity index (χ0v) is 15.1. The molecule has 9 heteroatoms. The van der Waals surface area contributed by atoms with Crippen LogP contribution in [0.5, 0.6) is 0 Å². The number of carbonyl (C=O) groups is 1. The number of benzene rings is 1. The number of amides is 1. The lowest BCUT2D eigenvalue weighted by Gasteiger charge is -2.31. The molecule has 6 nitrogen and oxygen atoms in total. The second-order valence-electron chi connectivity index (χ2n) is 5.15. The Morgan fingerprint density at radius 1 is 1.36 bits per heavy atom. The molecule has 2 rings (SSSR count). The molecule has 0 spiro atoms. The molecule has 1 aliphatic heterocycles. The molecule has 22 heavy (non-hydrogen) atoms. The number of carbonyl (C=O) groups excluding carboxylic acids is 1. The number of hydrogen-bond acceptors (Lipinski definition) is 4. The molecule has 0 saturated carbocycles. The van der Waals surface area contributed by atoms with Crippen molar-refractivity contribution in [2.24, 2.45) is 17.4 Å². The first-order valence-electron chi connectivity index (χ1n) is 6.65. The normalized spacial score (nSPS) is 19.5. The Morgan fingerprint density at radius 3 is 2.64 bits per heavy atom. The third-order valence-corrected chi connectivity index (χ3v) is 5.91. The Balaban J connectivity index is 0.00000242. The van der Waals surface area contributed by atoms with E-state index in [1.165, 1.54) is 22.5 Å². The van der Waals surface area contributed by atoms with Gasteiger partial charge in [0.25, 0.3) is 0 Å². The van der Waals surface area contributed by atoms with Crippen molar-refractivity contribution < 1.29 is 13.2 Å². The third kappa shape index (κ3) is 4.20. The van der Waals surface area contributed by atoms with Crippen LogP contribution in [0.1, 0.15) is 23.2 Å². The predicted octanol–water partition coefficient (Wildman–Crippen LogP) is 1.33. The maximum Gasteiger partial charge on any atom is 0.248 e. The van der Waals surface area contributed by atoms with Crippen LogP contribution in [0.15, 0.2) is 27.6 Å². The molecule has 1 aliphatic rings. The molecule has 1 amide bonds. The fraction of sp³-hybridized carbons (Fsp3) is 0.462. The summed E-state index contributed by atoms with van der Waals surface area (Å²) in [5.41, 5.74) is 11.0. The van der Waals surface area contributed by atoms with Crippen molar-refractivity contribution in [1.29, 1.82) is 0 Å². The quantitative estimate of drug-likeness (QED) is 0.778. The highest BCUT2D eigenvalue weighted by Gasteiger charge is 2.30. The number of sulfonamides is 1. The molecular formula is C13H19BrClN3O3S. The van der Waals surface area contributed by atoms with Crippen molar-refractivity contribution in [3.05, 3.63) is 28.2 Å². The molecule has 1 saturated heterocycles. The fourth-order valence-corrected chi connectivity index (χ4v) is 4.71. The molecule has 0 aromatic heterocycles. The Bertz CT molecular complexity index is 654. The van der Waals surface area contributed by atoms with Gasteiger partial charge < -0.3 is 11.5 Å². The van der Waals surface area contributed by atoms with Gasteiger partial charge in [-0.3, -0.25) is 4.79 Å². The van der Waals surface area contributed by atoms with E-state index in [-0.39, 0.29) is 28.8 Å². The zero-order valence-electron chi connectivity index (χ0n) is 11.9. The molecule has 0 bridgehead atoms. The summed E-state index contributed by atoms with van der Waals surface area (Å²) >= 11 is 3.21.